The van der Waals surface area contributed by atoms with Gasteiger partial charge in [-0.15, -0.1) is 11.8 Å². The fraction of sp³-hybridized carbons (Fsp3) is 0.500. The molecule has 0 aliphatic heterocycles. The maximum atomic E-state index is 11.7. The van der Waals surface area contributed by atoms with Crippen LogP contribution in [0.25, 0.3) is 0 Å². The summed E-state index contributed by atoms with van der Waals surface area (Å²) in [6, 6.07) is 8.37. The zero-order valence-electron chi connectivity index (χ0n) is 10.7. The Morgan fingerprint density at radius 2 is 1.94 bits per heavy atom. The van der Waals surface area contributed by atoms with Gasteiger partial charge in [0.25, 0.3) is 0 Å². The van der Waals surface area contributed by atoms with Crippen molar-refractivity contribution in [2.24, 2.45) is 5.92 Å². The molecule has 0 aliphatic carbocycles. The first kappa shape index (κ1) is 14.1. The van der Waals surface area contributed by atoms with E-state index in [4.69, 9.17) is 4.74 Å². The number of ether oxygens (including phenoxy) is 1. The zero-order chi connectivity index (χ0) is 12.7. The van der Waals surface area contributed by atoms with E-state index in [0.29, 0.717) is 6.61 Å². The molecule has 0 N–H and O–H groups in total. The fourth-order valence-electron chi connectivity index (χ4n) is 1.70. The van der Waals surface area contributed by atoms with Gasteiger partial charge in [0.1, 0.15) is 0 Å². The molecule has 1 aromatic rings. The Hall–Kier alpha value is -0.960. The summed E-state index contributed by atoms with van der Waals surface area (Å²) in [6.45, 7) is 4.33. The minimum atomic E-state index is -0.0797. The molecule has 0 spiro atoms. The molecule has 0 saturated heterocycles. The Labute approximate surface area is 108 Å². The van der Waals surface area contributed by atoms with Gasteiger partial charge in [0.2, 0.25) is 0 Å². The maximum absolute atomic E-state index is 11.7. The van der Waals surface area contributed by atoms with Crippen molar-refractivity contribution in [3.8, 4) is 0 Å². The normalized spacial score (nSPS) is 12.2. The van der Waals surface area contributed by atoms with Crippen LogP contribution in [0.1, 0.15) is 25.8 Å². The number of esters is 1. The summed E-state index contributed by atoms with van der Waals surface area (Å²) in [7, 11) is 0. The van der Waals surface area contributed by atoms with E-state index in [1.807, 2.05) is 13.8 Å². The number of carbonyl (C=O) groups is 1. The van der Waals surface area contributed by atoms with Gasteiger partial charge in [-0.3, -0.25) is 4.79 Å². The van der Waals surface area contributed by atoms with Crippen LogP contribution in [0.5, 0.6) is 0 Å². The van der Waals surface area contributed by atoms with Crippen LogP contribution >= 0.6 is 11.8 Å². The first-order valence-corrected chi connectivity index (χ1v) is 7.23. The van der Waals surface area contributed by atoms with Crippen molar-refractivity contribution in [3.05, 3.63) is 29.8 Å². The van der Waals surface area contributed by atoms with E-state index in [9.17, 15) is 4.79 Å². The van der Waals surface area contributed by atoms with Gasteiger partial charge in [0, 0.05) is 4.90 Å². The van der Waals surface area contributed by atoms with E-state index in [1.54, 1.807) is 11.8 Å². The molecule has 1 atom stereocenters. The average molecular weight is 252 g/mol. The second kappa shape index (κ2) is 7.38. The Kier molecular flexibility index (Phi) is 6.12. The molecular formula is C14H20O2S. The van der Waals surface area contributed by atoms with E-state index in [-0.39, 0.29) is 11.9 Å². The van der Waals surface area contributed by atoms with Gasteiger partial charge >= 0.3 is 5.97 Å². The molecule has 94 valence electrons. The van der Waals surface area contributed by atoms with Crippen LogP contribution in [0.4, 0.5) is 0 Å². The van der Waals surface area contributed by atoms with Crippen LogP contribution in [0.2, 0.25) is 0 Å². The maximum Gasteiger partial charge on any atom is 0.309 e. The number of thioether (sulfide) groups is 1. The Bertz CT molecular complexity index is 346. The summed E-state index contributed by atoms with van der Waals surface area (Å²) in [5.41, 5.74) is 1.20. The summed E-state index contributed by atoms with van der Waals surface area (Å²) in [5.74, 6) is -0.0981. The molecule has 0 saturated carbocycles. The molecule has 17 heavy (non-hydrogen) atoms. The molecule has 3 heteroatoms. The Balaban J connectivity index is 2.63. The van der Waals surface area contributed by atoms with Crippen molar-refractivity contribution in [1.29, 1.82) is 0 Å². The topological polar surface area (TPSA) is 26.3 Å². The summed E-state index contributed by atoms with van der Waals surface area (Å²) < 4.78 is 5.07. The zero-order valence-corrected chi connectivity index (χ0v) is 11.5. The monoisotopic (exact) mass is 252 g/mol. The third-order valence-electron chi connectivity index (χ3n) is 2.75. The number of benzene rings is 1. The molecule has 0 bridgehead atoms. The third kappa shape index (κ3) is 4.43. The van der Waals surface area contributed by atoms with Crippen LogP contribution in [0.3, 0.4) is 0 Å². The molecule has 0 aliphatic rings. The molecule has 1 rings (SSSR count). The van der Waals surface area contributed by atoms with Gasteiger partial charge in [-0.05, 0) is 43.7 Å². The number of hydrogen-bond donors (Lipinski definition) is 0. The summed E-state index contributed by atoms with van der Waals surface area (Å²) >= 11 is 1.72. The largest absolute Gasteiger partial charge is 0.466 e. The van der Waals surface area contributed by atoms with Crippen molar-refractivity contribution in [2.45, 2.75) is 31.6 Å². The highest BCUT2D eigenvalue weighted by Crippen LogP contribution is 2.18. The molecule has 0 heterocycles. The SMILES string of the molecule is CCOC(=O)C(CC)Cc1ccc(SC)cc1. The lowest BCUT2D eigenvalue weighted by molar-refractivity contribution is -0.148. The van der Waals surface area contributed by atoms with E-state index in [0.717, 1.165) is 12.8 Å². The van der Waals surface area contributed by atoms with Crippen LogP contribution in [-0.2, 0) is 16.0 Å². The van der Waals surface area contributed by atoms with Crippen LogP contribution < -0.4 is 0 Å². The van der Waals surface area contributed by atoms with Gasteiger partial charge in [0.15, 0.2) is 0 Å². The standard InChI is InChI=1S/C14H20O2S/c1-4-12(14(15)16-5-2)10-11-6-8-13(17-3)9-7-11/h6-9,12H,4-5,10H2,1-3H3. The summed E-state index contributed by atoms with van der Waals surface area (Å²) in [6.07, 6.45) is 3.65. The second-order valence-electron chi connectivity index (χ2n) is 3.91. The van der Waals surface area contributed by atoms with Gasteiger partial charge in [-0.2, -0.15) is 0 Å². The lowest BCUT2D eigenvalue weighted by Crippen LogP contribution is -2.19. The Morgan fingerprint density at radius 1 is 1.29 bits per heavy atom. The van der Waals surface area contributed by atoms with Crippen molar-refractivity contribution >= 4 is 17.7 Å². The highest BCUT2D eigenvalue weighted by Gasteiger charge is 2.17. The quantitative estimate of drug-likeness (QED) is 0.572. The second-order valence-corrected chi connectivity index (χ2v) is 4.79. The number of rotatable bonds is 6. The Morgan fingerprint density at radius 3 is 2.41 bits per heavy atom. The smallest absolute Gasteiger partial charge is 0.309 e. The fourth-order valence-corrected chi connectivity index (χ4v) is 2.11. The number of hydrogen-bond acceptors (Lipinski definition) is 3. The minimum absolute atomic E-state index is 0.0184. The molecule has 1 aromatic carbocycles. The van der Waals surface area contributed by atoms with Gasteiger partial charge in [-0.1, -0.05) is 19.1 Å². The minimum Gasteiger partial charge on any atom is -0.466 e. The molecule has 0 radical (unpaired) electrons. The first-order chi connectivity index (χ1) is 8.21. The van der Waals surface area contributed by atoms with E-state index in [2.05, 4.69) is 30.5 Å². The van der Waals surface area contributed by atoms with Crippen LogP contribution in [0, 0.1) is 5.92 Å². The third-order valence-corrected chi connectivity index (χ3v) is 3.50. The highest BCUT2D eigenvalue weighted by molar-refractivity contribution is 7.98. The van der Waals surface area contributed by atoms with Crippen molar-refractivity contribution in [2.75, 3.05) is 12.9 Å². The van der Waals surface area contributed by atoms with Gasteiger partial charge in [-0.25, -0.2) is 0 Å². The summed E-state index contributed by atoms with van der Waals surface area (Å²) in [4.78, 5) is 12.9. The molecule has 1 unspecified atom stereocenters. The lowest BCUT2D eigenvalue weighted by Gasteiger charge is -2.13. The molecular weight excluding hydrogens is 232 g/mol. The first-order valence-electron chi connectivity index (χ1n) is 6.00. The lowest BCUT2D eigenvalue weighted by atomic mass is 9.97. The predicted molar refractivity (Wildman–Crippen MR) is 72.3 cm³/mol. The van der Waals surface area contributed by atoms with Crippen molar-refractivity contribution in [3.63, 3.8) is 0 Å². The molecule has 2 nitrogen and oxygen atoms in total. The van der Waals surface area contributed by atoms with E-state index < -0.39 is 0 Å². The molecule has 0 amide bonds. The number of carbonyl (C=O) groups excluding carboxylic acids is 1. The molecule has 0 aromatic heterocycles. The van der Waals surface area contributed by atoms with Crippen LogP contribution in [-0.4, -0.2) is 18.8 Å². The van der Waals surface area contributed by atoms with Crippen LogP contribution in [0.15, 0.2) is 29.2 Å². The molecule has 0 fully saturated rings. The van der Waals surface area contributed by atoms with Gasteiger partial charge < -0.3 is 4.74 Å². The summed E-state index contributed by atoms with van der Waals surface area (Å²) in [5, 5.41) is 0. The van der Waals surface area contributed by atoms with E-state index >= 15 is 0 Å². The predicted octanol–water partition coefficient (Wildman–Crippen LogP) is 3.54. The highest BCUT2D eigenvalue weighted by atomic mass is 32.2. The average Bonchev–Trinajstić information content (AvgIpc) is 2.37. The van der Waals surface area contributed by atoms with E-state index in [1.165, 1.54) is 10.5 Å². The van der Waals surface area contributed by atoms with Gasteiger partial charge in [0.05, 0.1) is 12.5 Å². The van der Waals surface area contributed by atoms with Crippen molar-refractivity contribution < 1.29 is 9.53 Å². The van der Waals surface area contributed by atoms with Crippen molar-refractivity contribution in [1.82, 2.24) is 0 Å².